The number of hydrogen-bond donors (Lipinski definition) is 1. The van der Waals surface area contributed by atoms with E-state index in [1.807, 2.05) is 0 Å². The highest BCUT2D eigenvalue weighted by Gasteiger charge is 2.24. The first kappa shape index (κ1) is 13.0. The third-order valence-electron chi connectivity index (χ3n) is 3.96. The maximum absolute atomic E-state index is 12.1. The van der Waals surface area contributed by atoms with Crippen LogP contribution in [-0.4, -0.2) is 68.4 Å². The van der Waals surface area contributed by atoms with Gasteiger partial charge in [0, 0.05) is 51.6 Å². The Bertz CT molecular complexity index is 251. The summed E-state index contributed by atoms with van der Waals surface area (Å²) < 4.78 is 0. The summed E-state index contributed by atoms with van der Waals surface area (Å²) in [6.45, 7) is 7.42. The van der Waals surface area contributed by atoms with Crippen LogP contribution in [0.25, 0.3) is 0 Å². The van der Waals surface area contributed by atoms with Gasteiger partial charge in [-0.3, -0.25) is 4.79 Å². The average molecular weight is 239 g/mol. The molecule has 0 bridgehead atoms. The van der Waals surface area contributed by atoms with Gasteiger partial charge >= 0.3 is 0 Å². The Balaban J connectivity index is 1.69. The number of piperazine rings is 1. The Hall–Kier alpha value is -0.450. The zero-order valence-corrected chi connectivity index (χ0v) is 11.0. The average Bonchev–Trinajstić information content (AvgIpc) is 2.37. The molecule has 1 unspecified atom stereocenters. The third kappa shape index (κ3) is 4.05. The summed E-state index contributed by atoms with van der Waals surface area (Å²) >= 11 is 0. The molecule has 4 heteroatoms. The first-order valence-electron chi connectivity index (χ1n) is 6.90. The second-order valence-corrected chi connectivity index (χ2v) is 5.41. The van der Waals surface area contributed by atoms with E-state index in [-0.39, 0.29) is 0 Å². The first-order chi connectivity index (χ1) is 8.25. The van der Waals surface area contributed by atoms with Crippen LogP contribution in [0.4, 0.5) is 0 Å². The highest BCUT2D eigenvalue weighted by Crippen LogP contribution is 2.17. The van der Waals surface area contributed by atoms with Crippen LogP contribution in [0, 0.1) is 5.92 Å². The van der Waals surface area contributed by atoms with Gasteiger partial charge in [-0.05, 0) is 26.4 Å². The summed E-state index contributed by atoms with van der Waals surface area (Å²) in [5.74, 6) is 0.784. The minimum Gasteiger partial charge on any atom is -0.314 e. The van der Waals surface area contributed by atoms with Crippen LogP contribution in [0.15, 0.2) is 0 Å². The molecule has 1 N–H and O–H groups in total. The standard InChI is InChI=1S/C13H25N3O/c1-15-7-2-3-12(11-15)13(17)4-8-16-9-5-14-6-10-16/h12,14H,2-11H2,1H3. The molecule has 0 aromatic rings. The van der Waals surface area contributed by atoms with Crippen molar-refractivity contribution in [2.75, 3.05) is 52.9 Å². The van der Waals surface area contributed by atoms with Crippen molar-refractivity contribution < 1.29 is 4.79 Å². The van der Waals surface area contributed by atoms with Gasteiger partial charge in [0.15, 0.2) is 0 Å². The molecule has 2 saturated heterocycles. The lowest BCUT2D eigenvalue weighted by atomic mass is 9.92. The molecule has 2 heterocycles. The summed E-state index contributed by atoms with van der Waals surface area (Å²) in [7, 11) is 2.12. The molecule has 17 heavy (non-hydrogen) atoms. The zero-order valence-electron chi connectivity index (χ0n) is 11.0. The Morgan fingerprint density at radius 3 is 2.76 bits per heavy atom. The normalized spacial score (nSPS) is 28.2. The molecule has 2 aliphatic rings. The highest BCUT2D eigenvalue weighted by atomic mass is 16.1. The molecule has 0 aromatic heterocycles. The van der Waals surface area contributed by atoms with E-state index in [1.54, 1.807) is 0 Å². The second kappa shape index (κ2) is 6.47. The topological polar surface area (TPSA) is 35.6 Å². The van der Waals surface area contributed by atoms with Crippen LogP contribution in [0.3, 0.4) is 0 Å². The van der Waals surface area contributed by atoms with Crippen molar-refractivity contribution in [3.8, 4) is 0 Å². The number of Topliss-reactive ketones (excluding diaryl/α,β-unsaturated/α-hetero) is 1. The van der Waals surface area contributed by atoms with Gasteiger partial charge in [-0.15, -0.1) is 0 Å². The lowest BCUT2D eigenvalue weighted by Crippen LogP contribution is -2.44. The van der Waals surface area contributed by atoms with Gasteiger partial charge in [0.25, 0.3) is 0 Å². The first-order valence-corrected chi connectivity index (χ1v) is 6.90. The Labute approximate surface area is 104 Å². The molecule has 0 spiro atoms. The number of likely N-dealkylation sites (tertiary alicyclic amines) is 1. The van der Waals surface area contributed by atoms with E-state index in [0.29, 0.717) is 11.7 Å². The van der Waals surface area contributed by atoms with Gasteiger partial charge in [-0.1, -0.05) is 0 Å². The van der Waals surface area contributed by atoms with Gasteiger partial charge in [0.1, 0.15) is 5.78 Å². The lowest BCUT2D eigenvalue weighted by Gasteiger charge is -2.30. The van der Waals surface area contributed by atoms with E-state index >= 15 is 0 Å². The molecule has 98 valence electrons. The van der Waals surface area contributed by atoms with Gasteiger partial charge < -0.3 is 15.1 Å². The smallest absolute Gasteiger partial charge is 0.138 e. The molecular weight excluding hydrogens is 214 g/mol. The number of piperidine rings is 1. The monoisotopic (exact) mass is 239 g/mol. The van der Waals surface area contributed by atoms with Gasteiger partial charge in [-0.25, -0.2) is 0 Å². The second-order valence-electron chi connectivity index (χ2n) is 5.41. The Kier molecular flexibility index (Phi) is 4.95. The molecule has 4 nitrogen and oxygen atoms in total. The summed E-state index contributed by atoms with van der Waals surface area (Å²) in [6.07, 6.45) is 3.03. The van der Waals surface area contributed by atoms with Crippen molar-refractivity contribution in [1.29, 1.82) is 0 Å². The lowest BCUT2D eigenvalue weighted by molar-refractivity contribution is -0.124. The predicted molar refractivity (Wildman–Crippen MR) is 69.2 cm³/mol. The van der Waals surface area contributed by atoms with Gasteiger partial charge in [0.05, 0.1) is 0 Å². The molecule has 2 aliphatic heterocycles. The summed E-state index contributed by atoms with van der Waals surface area (Å²) in [6, 6.07) is 0. The molecule has 1 atom stereocenters. The third-order valence-corrected chi connectivity index (χ3v) is 3.96. The van der Waals surface area contributed by atoms with E-state index in [2.05, 4.69) is 22.2 Å². The largest absolute Gasteiger partial charge is 0.314 e. The SMILES string of the molecule is CN1CCCC(C(=O)CCN2CCNCC2)C1. The molecule has 2 rings (SSSR count). The Morgan fingerprint density at radius 1 is 1.29 bits per heavy atom. The minimum atomic E-state index is 0.302. The fourth-order valence-corrected chi connectivity index (χ4v) is 2.84. The maximum atomic E-state index is 12.1. The molecule has 0 saturated carbocycles. The van der Waals surface area contributed by atoms with Crippen LogP contribution in [0.1, 0.15) is 19.3 Å². The molecule has 0 radical (unpaired) electrons. The molecular formula is C13H25N3O. The van der Waals surface area contributed by atoms with Crippen LogP contribution in [0.5, 0.6) is 0 Å². The van der Waals surface area contributed by atoms with Crippen molar-refractivity contribution in [2.24, 2.45) is 5.92 Å². The number of nitrogens with one attached hydrogen (secondary N) is 1. The van der Waals surface area contributed by atoms with Crippen molar-refractivity contribution in [3.63, 3.8) is 0 Å². The van der Waals surface area contributed by atoms with E-state index in [0.717, 1.165) is 58.7 Å². The molecule has 0 aromatic carbocycles. The van der Waals surface area contributed by atoms with E-state index in [1.165, 1.54) is 6.42 Å². The number of hydrogen-bond acceptors (Lipinski definition) is 4. The number of carbonyl (C=O) groups excluding carboxylic acids is 1. The zero-order chi connectivity index (χ0) is 12.1. The van der Waals surface area contributed by atoms with Crippen molar-refractivity contribution >= 4 is 5.78 Å². The molecule has 2 fully saturated rings. The summed E-state index contributed by atoms with van der Waals surface area (Å²) in [4.78, 5) is 16.8. The fourth-order valence-electron chi connectivity index (χ4n) is 2.84. The quantitative estimate of drug-likeness (QED) is 0.760. The van der Waals surface area contributed by atoms with Crippen molar-refractivity contribution in [3.05, 3.63) is 0 Å². The van der Waals surface area contributed by atoms with Gasteiger partial charge in [0.2, 0.25) is 0 Å². The van der Waals surface area contributed by atoms with Crippen LogP contribution in [0.2, 0.25) is 0 Å². The number of nitrogens with zero attached hydrogens (tertiary/aromatic N) is 2. The fraction of sp³-hybridized carbons (Fsp3) is 0.923. The number of carbonyl (C=O) groups is 1. The van der Waals surface area contributed by atoms with E-state index in [4.69, 9.17) is 0 Å². The van der Waals surface area contributed by atoms with E-state index in [9.17, 15) is 4.79 Å². The van der Waals surface area contributed by atoms with Crippen LogP contribution < -0.4 is 5.32 Å². The summed E-state index contributed by atoms with van der Waals surface area (Å²) in [5, 5.41) is 3.34. The number of rotatable bonds is 4. The summed E-state index contributed by atoms with van der Waals surface area (Å²) in [5.41, 5.74) is 0. The molecule has 0 aliphatic carbocycles. The minimum absolute atomic E-state index is 0.302. The van der Waals surface area contributed by atoms with Gasteiger partial charge in [-0.2, -0.15) is 0 Å². The van der Waals surface area contributed by atoms with E-state index < -0.39 is 0 Å². The highest BCUT2D eigenvalue weighted by molar-refractivity contribution is 5.81. The van der Waals surface area contributed by atoms with Crippen molar-refractivity contribution in [1.82, 2.24) is 15.1 Å². The Morgan fingerprint density at radius 2 is 2.06 bits per heavy atom. The maximum Gasteiger partial charge on any atom is 0.138 e. The van der Waals surface area contributed by atoms with Crippen molar-refractivity contribution in [2.45, 2.75) is 19.3 Å². The van der Waals surface area contributed by atoms with Crippen LogP contribution in [-0.2, 0) is 4.79 Å². The molecule has 0 amide bonds. The number of ketones is 1. The predicted octanol–water partition coefficient (Wildman–Crippen LogP) is 0.193. The van der Waals surface area contributed by atoms with Crippen LogP contribution >= 0.6 is 0 Å².